The maximum absolute atomic E-state index is 3.79. The summed E-state index contributed by atoms with van der Waals surface area (Å²) in [4.78, 5) is 0. The third kappa shape index (κ3) is 5.62. The first-order chi connectivity index (χ1) is 13.7. The number of rotatable bonds is 9. The van der Waals surface area contributed by atoms with E-state index in [-0.39, 0.29) is 0 Å². The second-order valence-electron chi connectivity index (χ2n) is 7.22. The summed E-state index contributed by atoms with van der Waals surface area (Å²) in [5.41, 5.74) is 6.99. The highest BCUT2D eigenvalue weighted by Crippen LogP contribution is 2.37. The van der Waals surface area contributed by atoms with Crippen LogP contribution in [0.5, 0.6) is 0 Å². The monoisotopic (exact) mass is 436 g/mol. The summed E-state index contributed by atoms with van der Waals surface area (Å²) in [5.74, 6) is 0. The van der Waals surface area contributed by atoms with Crippen molar-refractivity contribution in [2.45, 2.75) is 39.5 Å². The Hall–Kier alpha value is -2.26. The highest BCUT2D eigenvalue weighted by Gasteiger charge is 2.10. The Morgan fingerprint density at radius 1 is 0.786 bits per heavy atom. The molecular formula is C25H29BrN2. The summed E-state index contributed by atoms with van der Waals surface area (Å²) in [7, 11) is 0. The Kier molecular flexibility index (Phi) is 7.55. The van der Waals surface area contributed by atoms with Gasteiger partial charge in [0.25, 0.3) is 0 Å². The maximum Gasteiger partial charge on any atom is 0.0466 e. The highest BCUT2D eigenvalue weighted by atomic mass is 79.9. The molecule has 0 amide bonds. The summed E-state index contributed by atoms with van der Waals surface area (Å²) < 4.78 is 1.10. The molecule has 3 aromatic carbocycles. The van der Waals surface area contributed by atoms with E-state index in [9.17, 15) is 0 Å². The lowest BCUT2D eigenvalue weighted by Gasteiger charge is -2.16. The summed E-state index contributed by atoms with van der Waals surface area (Å²) in [6.45, 7) is 5.40. The average molecular weight is 437 g/mol. The van der Waals surface area contributed by atoms with Crippen LogP contribution < -0.4 is 10.6 Å². The van der Waals surface area contributed by atoms with Gasteiger partial charge >= 0.3 is 0 Å². The molecule has 0 aromatic heterocycles. The number of nitrogens with one attached hydrogen (secondary N) is 2. The van der Waals surface area contributed by atoms with Gasteiger partial charge in [-0.15, -0.1) is 0 Å². The molecule has 0 saturated carbocycles. The van der Waals surface area contributed by atoms with Crippen molar-refractivity contribution in [1.29, 1.82) is 0 Å². The van der Waals surface area contributed by atoms with E-state index in [0.717, 1.165) is 28.1 Å². The van der Waals surface area contributed by atoms with Crippen molar-refractivity contribution in [3.05, 3.63) is 76.8 Å². The van der Waals surface area contributed by atoms with Crippen LogP contribution in [0.25, 0.3) is 11.1 Å². The number of benzene rings is 3. The molecule has 0 saturated heterocycles. The summed E-state index contributed by atoms with van der Waals surface area (Å²) in [6.07, 6.45) is 5.10. The van der Waals surface area contributed by atoms with Crippen LogP contribution in [0.2, 0.25) is 0 Å². The lowest BCUT2D eigenvalue weighted by Crippen LogP contribution is -2.01. The molecule has 3 aromatic rings. The van der Waals surface area contributed by atoms with Crippen molar-refractivity contribution < 1.29 is 0 Å². The Labute approximate surface area is 177 Å². The van der Waals surface area contributed by atoms with Gasteiger partial charge in [-0.1, -0.05) is 78.5 Å². The first kappa shape index (κ1) is 20.5. The predicted octanol–water partition coefficient (Wildman–Crippen LogP) is 8.16. The van der Waals surface area contributed by atoms with Crippen molar-refractivity contribution in [3.8, 4) is 11.1 Å². The quantitative estimate of drug-likeness (QED) is 0.330. The summed E-state index contributed by atoms with van der Waals surface area (Å²) in [6, 6.07) is 23.4. The van der Waals surface area contributed by atoms with Gasteiger partial charge in [0, 0.05) is 33.6 Å². The van der Waals surface area contributed by atoms with Crippen LogP contribution in [0.1, 0.15) is 38.2 Å². The van der Waals surface area contributed by atoms with Gasteiger partial charge in [0.05, 0.1) is 0 Å². The molecule has 0 atom stereocenters. The minimum Gasteiger partial charge on any atom is -0.385 e. The zero-order valence-corrected chi connectivity index (χ0v) is 18.4. The molecular weight excluding hydrogens is 408 g/mol. The van der Waals surface area contributed by atoms with E-state index in [1.54, 1.807) is 0 Å². The van der Waals surface area contributed by atoms with E-state index < -0.39 is 0 Å². The zero-order chi connectivity index (χ0) is 19.8. The van der Waals surface area contributed by atoms with Crippen molar-refractivity contribution in [2.75, 3.05) is 17.2 Å². The Bertz CT molecular complexity index is 890. The van der Waals surface area contributed by atoms with Gasteiger partial charge in [-0.25, -0.2) is 0 Å². The van der Waals surface area contributed by atoms with E-state index in [4.69, 9.17) is 0 Å². The van der Waals surface area contributed by atoms with Gasteiger partial charge in [0.15, 0.2) is 0 Å². The summed E-state index contributed by atoms with van der Waals surface area (Å²) >= 11 is 3.79. The fourth-order valence-electron chi connectivity index (χ4n) is 3.30. The van der Waals surface area contributed by atoms with Crippen molar-refractivity contribution >= 4 is 33.0 Å². The van der Waals surface area contributed by atoms with Gasteiger partial charge in [0.1, 0.15) is 0 Å². The molecule has 0 fully saturated rings. The molecule has 3 rings (SSSR count). The van der Waals surface area contributed by atoms with Crippen LogP contribution >= 0.6 is 15.9 Å². The van der Waals surface area contributed by atoms with Gasteiger partial charge in [0.2, 0.25) is 0 Å². The largest absolute Gasteiger partial charge is 0.385 e. The van der Waals surface area contributed by atoms with Gasteiger partial charge in [-0.2, -0.15) is 0 Å². The number of hydrogen-bond donors (Lipinski definition) is 2. The second kappa shape index (κ2) is 10.3. The normalized spacial score (nSPS) is 10.7. The van der Waals surface area contributed by atoms with E-state index in [1.165, 1.54) is 42.4 Å². The molecule has 0 aliphatic carbocycles. The predicted molar refractivity (Wildman–Crippen MR) is 127 cm³/mol. The number of hydrogen-bond acceptors (Lipinski definition) is 2. The Morgan fingerprint density at radius 3 is 2.32 bits per heavy atom. The number of para-hydroxylation sites is 1. The number of anilines is 3. The fraction of sp³-hybridized carbons (Fsp3) is 0.280. The maximum atomic E-state index is 3.79. The van der Waals surface area contributed by atoms with Gasteiger partial charge < -0.3 is 10.6 Å². The molecule has 0 aliphatic heterocycles. The van der Waals surface area contributed by atoms with Crippen LogP contribution in [0.4, 0.5) is 17.1 Å². The SMILES string of the molecule is CCCCCCNc1ccc(-c2ccc(C)cc2Nc2ccccc2)c(Br)c1. The molecule has 0 aliphatic rings. The Morgan fingerprint density at radius 2 is 1.57 bits per heavy atom. The zero-order valence-electron chi connectivity index (χ0n) is 16.8. The highest BCUT2D eigenvalue weighted by molar-refractivity contribution is 9.10. The standard InChI is InChI=1S/C25H29BrN2/c1-3-4-5-9-16-27-21-13-15-22(24(26)18-21)23-14-12-19(2)17-25(23)28-20-10-7-6-8-11-20/h6-8,10-15,17-18,27-28H,3-5,9,16H2,1-2H3. The lowest BCUT2D eigenvalue weighted by molar-refractivity contribution is 0.685. The second-order valence-corrected chi connectivity index (χ2v) is 8.08. The minimum absolute atomic E-state index is 1.02. The number of unbranched alkanes of at least 4 members (excludes halogenated alkanes) is 3. The molecule has 0 unspecified atom stereocenters. The van der Waals surface area contributed by atoms with E-state index in [2.05, 4.69) is 101 Å². The molecule has 0 spiro atoms. The van der Waals surface area contributed by atoms with Crippen molar-refractivity contribution in [2.24, 2.45) is 0 Å². The molecule has 0 radical (unpaired) electrons. The van der Waals surface area contributed by atoms with Crippen molar-refractivity contribution in [1.82, 2.24) is 0 Å². The van der Waals surface area contributed by atoms with Crippen LogP contribution in [0, 0.1) is 6.92 Å². The number of halogens is 1. The summed E-state index contributed by atoms with van der Waals surface area (Å²) in [5, 5.41) is 7.11. The van der Waals surface area contributed by atoms with Gasteiger partial charge in [-0.05, 0) is 54.8 Å². The molecule has 0 bridgehead atoms. The molecule has 146 valence electrons. The molecule has 2 nitrogen and oxygen atoms in total. The van der Waals surface area contributed by atoms with Crippen LogP contribution in [0.15, 0.2) is 71.2 Å². The molecule has 28 heavy (non-hydrogen) atoms. The number of aryl methyl sites for hydroxylation is 1. The van der Waals surface area contributed by atoms with E-state index >= 15 is 0 Å². The first-order valence-corrected chi connectivity index (χ1v) is 10.9. The van der Waals surface area contributed by atoms with E-state index in [0.29, 0.717) is 0 Å². The van der Waals surface area contributed by atoms with Crippen LogP contribution in [-0.2, 0) is 0 Å². The van der Waals surface area contributed by atoms with Gasteiger partial charge in [-0.3, -0.25) is 0 Å². The third-order valence-electron chi connectivity index (χ3n) is 4.85. The molecule has 3 heteroatoms. The Balaban J connectivity index is 1.79. The van der Waals surface area contributed by atoms with Crippen LogP contribution in [0.3, 0.4) is 0 Å². The lowest BCUT2D eigenvalue weighted by atomic mass is 10.0. The van der Waals surface area contributed by atoms with Crippen LogP contribution in [-0.4, -0.2) is 6.54 Å². The third-order valence-corrected chi connectivity index (χ3v) is 5.50. The van der Waals surface area contributed by atoms with E-state index in [1.807, 2.05) is 6.07 Å². The average Bonchev–Trinajstić information content (AvgIpc) is 2.69. The first-order valence-electron chi connectivity index (χ1n) is 10.1. The minimum atomic E-state index is 1.02. The van der Waals surface area contributed by atoms with Crippen molar-refractivity contribution in [3.63, 3.8) is 0 Å². The molecule has 0 heterocycles. The fourth-order valence-corrected chi connectivity index (χ4v) is 3.89. The smallest absolute Gasteiger partial charge is 0.0466 e. The molecule has 2 N–H and O–H groups in total. The topological polar surface area (TPSA) is 24.1 Å².